The summed E-state index contributed by atoms with van der Waals surface area (Å²) in [6, 6.07) is 2.65. The minimum absolute atomic E-state index is 0.233. The summed E-state index contributed by atoms with van der Waals surface area (Å²) in [4.78, 5) is 0. The van der Waals surface area contributed by atoms with Gasteiger partial charge < -0.3 is 5.73 Å². The van der Waals surface area contributed by atoms with E-state index in [9.17, 15) is 4.39 Å². The topological polar surface area (TPSA) is 26.0 Å². The molecular formula is C11H14BrClFN. The zero-order valence-corrected chi connectivity index (χ0v) is 11.1. The summed E-state index contributed by atoms with van der Waals surface area (Å²) in [7, 11) is 0. The number of rotatable bonds is 3. The van der Waals surface area contributed by atoms with Crippen LogP contribution in [0.25, 0.3) is 0 Å². The van der Waals surface area contributed by atoms with Gasteiger partial charge in [0.2, 0.25) is 0 Å². The van der Waals surface area contributed by atoms with E-state index < -0.39 is 0 Å². The van der Waals surface area contributed by atoms with Crippen LogP contribution in [-0.4, -0.2) is 0 Å². The van der Waals surface area contributed by atoms with Gasteiger partial charge >= 0.3 is 0 Å². The molecule has 4 heteroatoms. The van der Waals surface area contributed by atoms with Crippen molar-refractivity contribution in [1.29, 1.82) is 0 Å². The van der Waals surface area contributed by atoms with E-state index in [0.29, 0.717) is 15.1 Å². The Bertz CT molecular complexity index is 357. The molecule has 1 rings (SSSR count). The van der Waals surface area contributed by atoms with Gasteiger partial charge in [0, 0.05) is 16.1 Å². The normalized spacial score (nSPS) is 15.1. The minimum atomic E-state index is -0.306. The molecule has 84 valence electrons. The van der Waals surface area contributed by atoms with Crippen molar-refractivity contribution in [2.45, 2.75) is 26.3 Å². The van der Waals surface area contributed by atoms with E-state index in [-0.39, 0.29) is 17.8 Å². The molecule has 0 saturated carbocycles. The first-order valence-corrected chi connectivity index (χ1v) is 6.04. The molecule has 2 atom stereocenters. The maximum atomic E-state index is 13.6. The van der Waals surface area contributed by atoms with Gasteiger partial charge in [-0.3, -0.25) is 0 Å². The van der Waals surface area contributed by atoms with E-state index in [0.717, 1.165) is 6.42 Å². The largest absolute Gasteiger partial charge is 0.324 e. The lowest BCUT2D eigenvalue weighted by atomic mass is 9.93. The quantitative estimate of drug-likeness (QED) is 0.827. The summed E-state index contributed by atoms with van der Waals surface area (Å²) in [5, 5.41) is 0.491. The van der Waals surface area contributed by atoms with Crippen LogP contribution in [0.5, 0.6) is 0 Å². The molecule has 0 saturated heterocycles. The Morgan fingerprint density at radius 3 is 2.67 bits per heavy atom. The van der Waals surface area contributed by atoms with Crippen LogP contribution in [-0.2, 0) is 0 Å². The molecule has 2 unspecified atom stereocenters. The fraction of sp³-hybridized carbons (Fsp3) is 0.455. The van der Waals surface area contributed by atoms with Crippen LogP contribution in [0, 0.1) is 11.7 Å². The van der Waals surface area contributed by atoms with Crippen LogP contribution in [0.2, 0.25) is 5.02 Å². The van der Waals surface area contributed by atoms with Crippen molar-refractivity contribution < 1.29 is 4.39 Å². The second-order valence-electron chi connectivity index (χ2n) is 3.70. The first-order valence-electron chi connectivity index (χ1n) is 4.87. The summed E-state index contributed by atoms with van der Waals surface area (Å²) in [6.45, 7) is 4.03. The molecule has 0 fully saturated rings. The van der Waals surface area contributed by atoms with Gasteiger partial charge in [-0.05, 0) is 34.0 Å². The van der Waals surface area contributed by atoms with Crippen LogP contribution >= 0.6 is 27.5 Å². The number of halogens is 3. The van der Waals surface area contributed by atoms with Gasteiger partial charge in [-0.1, -0.05) is 31.9 Å². The van der Waals surface area contributed by atoms with Crippen LogP contribution < -0.4 is 5.73 Å². The maximum Gasteiger partial charge on any atom is 0.129 e. The molecule has 1 nitrogen and oxygen atoms in total. The SMILES string of the molecule is CCC(C)C(N)c1cc(Cl)c(Br)cc1F. The van der Waals surface area contributed by atoms with E-state index in [2.05, 4.69) is 15.9 Å². The molecular weight excluding hydrogens is 280 g/mol. The standard InChI is InChI=1S/C11H14BrClFN/c1-3-6(2)11(15)7-4-9(13)8(12)5-10(7)14/h4-6,11H,3,15H2,1-2H3. The first kappa shape index (κ1) is 12.9. The molecule has 0 heterocycles. The third-order valence-corrected chi connectivity index (χ3v) is 3.85. The average molecular weight is 295 g/mol. The summed E-state index contributed by atoms with van der Waals surface area (Å²) in [6.07, 6.45) is 0.911. The predicted molar refractivity (Wildman–Crippen MR) is 65.5 cm³/mol. The smallest absolute Gasteiger partial charge is 0.129 e. The van der Waals surface area contributed by atoms with Crippen molar-refractivity contribution >= 4 is 27.5 Å². The highest BCUT2D eigenvalue weighted by atomic mass is 79.9. The van der Waals surface area contributed by atoms with E-state index in [1.54, 1.807) is 6.07 Å². The van der Waals surface area contributed by atoms with Crippen molar-refractivity contribution in [3.63, 3.8) is 0 Å². The van der Waals surface area contributed by atoms with E-state index >= 15 is 0 Å². The number of benzene rings is 1. The molecule has 0 aliphatic rings. The molecule has 0 radical (unpaired) electrons. The molecule has 0 aromatic heterocycles. The molecule has 0 aliphatic heterocycles. The summed E-state index contributed by atoms with van der Waals surface area (Å²) in [5.41, 5.74) is 6.44. The van der Waals surface area contributed by atoms with Crippen LogP contribution in [0.4, 0.5) is 4.39 Å². The van der Waals surface area contributed by atoms with Crippen molar-refractivity contribution in [2.75, 3.05) is 0 Å². The van der Waals surface area contributed by atoms with Crippen LogP contribution in [0.1, 0.15) is 31.9 Å². The van der Waals surface area contributed by atoms with Crippen molar-refractivity contribution in [1.82, 2.24) is 0 Å². The van der Waals surface area contributed by atoms with Crippen molar-refractivity contribution in [3.8, 4) is 0 Å². The average Bonchev–Trinajstić information content (AvgIpc) is 2.21. The van der Waals surface area contributed by atoms with Crippen LogP contribution in [0.15, 0.2) is 16.6 Å². The van der Waals surface area contributed by atoms with E-state index in [4.69, 9.17) is 17.3 Å². The predicted octanol–water partition coefficient (Wildman–Crippen LogP) is 4.29. The van der Waals surface area contributed by atoms with Gasteiger partial charge in [0.1, 0.15) is 5.82 Å². The fourth-order valence-electron chi connectivity index (χ4n) is 1.35. The molecule has 1 aromatic rings. The number of nitrogens with two attached hydrogens (primary N) is 1. The molecule has 0 bridgehead atoms. The molecule has 1 aromatic carbocycles. The summed E-state index contributed by atoms with van der Waals surface area (Å²) < 4.78 is 14.2. The zero-order chi connectivity index (χ0) is 11.6. The highest BCUT2D eigenvalue weighted by Gasteiger charge is 2.18. The minimum Gasteiger partial charge on any atom is -0.324 e. The Morgan fingerprint density at radius 2 is 2.13 bits per heavy atom. The fourth-order valence-corrected chi connectivity index (χ4v) is 1.84. The Kier molecular flexibility index (Phi) is 4.56. The van der Waals surface area contributed by atoms with Gasteiger partial charge in [-0.2, -0.15) is 0 Å². The monoisotopic (exact) mass is 293 g/mol. The first-order chi connectivity index (χ1) is 6.97. The van der Waals surface area contributed by atoms with Gasteiger partial charge in [0.15, 0.2) is 0 Å². The van der Waals surface area contributed by atoms with Crippen molar-refractivity contribution in [2.24, 2.45) is 11.7 Å². The number of hydrogen-bond donors (Lipinski definition) is 1. The second-order valence-corrected chi connectivity index (χ2v) is 4.96. The van der Waals surface area contributed by atoms with E-state index in [1.165, 1.54) is 6.07 Å². The molecule has 15 heavy (non-hydrogen) atoms. The Hall–Kier alpha value is -0.120. The van der Waals surface area contributed by atoms with Crippen molar-refractivity contribution in [3.05, 3.63) is 33.0 Å². The van der Waals surface area contributed by atoms with Gasteiger partial charge in [0.25, 0.3) is 0 Å². The molecule has 0 spiro atoms. The van der Waals surface area contributed by atoms with E-state index in [1.807, 2.05) is 13.8 Å². The highest BCUT2D eigenvalue weighted by Crippen LogP contribution is 2.31. The molecule has 0 amide bonds. The van der Waals surface area contributed by atoms with Crippen LogP contribution in [0.3, 0.4) is 0 Å². The van der Waals surface area contributed by atoms with Gasteiger partial charge in [-0.15, -0.1) is 0 Å². The lowest BCUT2D eigenvalue weighted by Crippen LogP contribution is -2.19. The number of hydrogen-bond acceptors (Lipinski definition) is 1. The molecule has 0 aliphatic carbocycles. The van der Waals surface area contributed by atoms with Gasteiger partial charge in [-0.25, -0.2) is 4.39 Å². The highest BCUT2D eigenvalue weighted by molar-refractivity contribution is 9.10. The van der Waals surface area contributed by atoms with Gasteiger partial charge in [0.05, 0.1) is 5.02 Å². The Morgan fingerprint density at radius 1 is 1.53 bits per heavy atom. The third kappa shape index (κ3) is 2.92. The lowest BCUT2D eigenvalue weighted by molar-refractivity contribution is 0.439. The Labute approximate surface area is 103 Å². The second kappa shape index (κ2) is 5.28. The Balaban J connectivity index is 3.09. The third-order valence-electron chi connectivity index (χ3n) is 2.66. The summed E-state index contributed by atoms with van der Waals surface area (Å²) in [5.74, 6) is -0.0733. The molecule has 2 N–H and O–H groups in total. The zero-order valence-electron chi connectivity index (χ0n) is 8.73. The summed E-state index contributed by atoms with van der Waals surface area (Å²) >= 11 is 9.08. The lowest BCUT2D eigenvalue weighted by Gasteiger charge is -2.19. The maximum absolute atomic E-state index is 13.6.